The van der Waals surface area contributed by atoms with Gasteiger partial charge >= 0.3 is 5.97 Å². The third-order valence-electron chi connectivity index (χ3n) is 1.34. The summed E-state index contributed by atoms with van der Waals surface area (Å²) in [6.45, 7) is 7.38. The number of carbonyl (C=O) groups excluding carboxylic acids is 2. The molecule has 0 spiro atoms. The molecule has 0 radical (unpaired) electrons. The Hall–Kier alpha value is -1.36. The van der Waals surface area contributed by atoms with E-state index < -0.39 is 5.97 Å². The predicted molar refractivity (Wildman–Crippen MR) is 59.4 cm³/mol. The second-order valence-electron chi connectivity index (χ2n) is 4.42. The van der Waals surface area contributed by atoms with Gasteiger partial charge in [-0.15, -0.1) is 0 Å². The average Bonchev–Trinajstić information content (AvgIpc) is 2.00. The quantitative estimate of drug-likeness (QED) is 0.374. The molecular weight excluding hydrogens is 210 g/mol. The van der Waals surface area contributed by atoms with Crippen molar-refractivity contribution in [1.82, 2.24) is 0 Å². The molecule has 0 N–H and O–H groups in total. The molecule has 0 saturated carbocycles. The molecule has 0 bridgehead atoms. The predicted octanol–water partition coefficient (Wildman–Crippen LogP) is -0.432. The highest BCUT2D eigenvalue weighted by atomic mass is 16.5. The van der Waals surface area contributed by atoms with Crippen molar-refractivity contribution in [2.24, 2.45) is 0 Å². The number of rotatable bonds is 4. The average molecular weight is 231 g/mol. The van der Waals surface area contributed by atoms with Gasteiger partial charge in [0.05, 0.1) is 21.1 Å². The van der Waals surface area contributed by atoms with E-state index in [1.165, 1.54) is 0 Å². The van der Waals surface area contributed by atoms with Crippen LogP contribution in [0, 0.1) is 0 Å². The summed E-state index contributed by atoms with van der Waals surface area (Å²) in [6, 6.07) is 0. The molecule has 0 aromatic carbocycles. The fraction of sp³-hybridized carbons (Fsp3) is 0.636. The topological polar surface area (TPSA) is 66.4 Å². The Bertz CT molecular complexity index is 249. The van der Waals surface area contributed by atoms with E-state index >= 15 is 0 Å². The van der Waals surface area contributed by atoms with Crippen LogP contribution in [0.5, 0.6) is 0 Å². The van der Waals surface area contributed by atoms with Crippen LogP contribution in [0.2, 0.25) is 0 Å². The van der Waals surface area contributed by atoms with Crippen molar-refractivity contribution in [3.8, 4) is 0 Å². The number of aliphatic carboxylic acids is 1. The molecule has 0 aromatic rings. The Morgan fingerprint density at radius 3 is 1.88 bits per heavy atom. The standard InChI is InChI=1S/C9H18NO2.C2H4O2/c1-8(2)9(11)12-7-6-10(3,4)5;1-2(3)4/h1,6-7H2,2-5H3;1H3,(H,3,4)/q+1;/p-1. The minimum Gasteiger partial charge on any atom is -0.550 e. The number of nitrogens with zero attached hydrogens (tertiary/aromatic N) is 1. The van der Waals surface area contributed by atoms with Gasteiger partial charge in [0.25, 0.3) is 0 Å². The summed E-state index contributed by atoms with van der Waals surface area (Å²) in [5.41, 5.74) is 0.455. The van der Waals surface area contributed by atoms with Crippen molar-refractivity contribution in [3.05, 3.63) is 12.2 Å². The molecule has 0 heterocycles. The van der Waals surface area contributed by atoms with Crippen LogP contribution in [-0.4, -0.2) is 50.7 Å². The van der Waals surface area contributed by atoms with Crippen molar-refractivity contribution < 1.29 is 23.9 Å². The second kappa shape index (κ2) is 7.87. The molecular formula is C11H21NO4. The van der Waals surface area contributed by atoms with Crippen molar-refractivity contribution in [2.75, 3.05) is 34.3 Å². The molecule has 0 saturated heterocycles. The maximum absolute atomic E-state index is 10.9. The molecule has 16 heavy (non-hydrogen) atoms. The van der Waals surface area contributed by atoms with Crippen LogP contribution in [0.15, 0.2) is 12.2 Å². The van der Waals surface area contributed by atoms with E-state index in [1.807, 2.05) is 0 Å². The first-order valence-electron chi connectivity index (χ1n) is 4.87. The van der Waals surface area contributed by atoms with Crippen molar-refractivity contribution in [3.63, 3.8) is 0 Å². The van der Waals surface area contributed by atoms with Gasteiger partial charge in [-0.3, -0.25) is 0 Å². The number of hydrogen-bond acceptors (Lipinski definition) is 4. The SMILES string of the molecule is C=C(C)C(=O)OCC[N+](C)(C)C.CC(=O)[O-]. The maximum atomic E-state index is 10.9. The number of carbonyl (C=O) groups is 2. The minimum absolute atomic E-state index is 0.302. The van der Waals surface area contributed by atoms with E-state index in [2.05, 4.69) is 27.7 Å². The number of quaternary nitrogens is 1. The van der Waals surface area contributed by atoms with Crippen LogP contribution < -0.4 is 5.11 Å². The van der Waals surface area contributed by atoms with Crippen LogP contribution in [0.3, 0.4) is 0 Å². The summed E-state index contributed by atoms with van der Waals surface area (Å²) >= 11 is 0. The highest BCUT2D eigenvalue weighted by Crippen LogP contribution is 1.94. The molecule has 0 rings (SSSR count). The lowest BCUT2D eigenvalue weighted by atomic mass is 10.4. The first-order valence-corrected chi connectivity index (χ1v) is 4.87. The Labute approximate surface area is 96.9 Å². The zero-order valence-electron chi connectivity index (χ0n) is 10.7. The number of likely N-dealkylation sites (N-methyl/N-ethyl adjacent to an activating group) is 1. The molecule has 0 aliphatic heterocycles. The summed E-state index contributed by atoms with van der Waals surface area (Å²) in [6.07, 6.45) is 0. The molecule has 0 aliphatic rings. The van der Waals surface area contributed by atoms with Crippen LogP contribution in [0.4, 0.5) is 0 Å². The van der Waals surface area contributed by atoms with Crippen molar-refractivity contribution >= 4 is 11.9 Å². The van der Waals surface area contributed by atoms with E-state index in [-0.39, 0.29) is 5.97 Å². The summed E-state index contributed by atoms with van der Waals surface area (Å²) in [5, 5.41) is 8.89. The lowest BCUT2D eigenvalue weighted by Crippen LogP contribution is -2.38. The van der Waals surface area contributed by atoms with Gasteiger partial charge in [0.2, 0.25) is 0 Å². The lowest BCUT2D eigenvalue weighted by molar-refractivity contribution is -0.870. The van der Waals surface area contributed by atoms with Gasteiger partial charge < -0.3 is 19.1 Å². The minimum atomic E-state index is -1.08. The second-order valence-corrected chi connectivity index (χ2v) is 4.42. The van der Waals surface area contributed by atoms with E-state index in [1.54, 1.807) is 6.92 Å². The van der Waals surface area contributed by atoms with E-state index in [9.17, 15) is 4.79 Å². The number of esters is 1. The molecule has 0 fully saturated rings. The maximum Gasteiger partial charge on any atom is 0.333 e. The smallest absolute Gasteiger partial charge is 0.333 e. The monoisotopic (exact) mass is 231 g/mol. The molecule has 0 aliphatic carbocycles. The van der Waals surface area contributed by atoms with Crippen LogP contribution >= 0.6 is 0 Å². The lowest BCUT2D eigenvalue weighted by Gasteiger charge is -2.23. The molecule has 0 atom stereocenters. The van der Waals surface area contributed by atoms with Gasteiger partial charge in [-0.05, 0) is 13.8 Å². The van der Waals surface area contributed by atoms with Gasteiger partial charge in [0.15, 0.2) is 0 Å². The van der Waals surface area contributed by atoms with E-state index in [0.29, 0.717) is 12.2 Å². The fourth-order valence-corrected chi connectivity index (χ4v) is 0.535. The first-order chi connectivity index (χ1) is 7.06. The van der Waals surface area contributed by atoms with Crippen molar-refractivity contribution in [2.45, 2.75) is 13.8 Å². The fourth-order valence-electron chi connectivity index (χ4n) is 0.535. The third kappa shape index (κ3) is 18.4. The zero-order valence-corrected chi connectivity index (χ0v) is 10.7. The van der Waals surface area contributed by atoms with Crippen LogP contribution in [0.1, 0.15) is 13.8 Å². The Balaban J connectivity index is 0. The number of hydrogen-bond donors (Lipinski definition) is 0. The van der Waals surface area contributed by atoms with Crippen LogP contribution in [-0.2, 0) is 14.3 Å². The Kier molecular flexibility index (Phi) is 8.39. The number of carboxylic acids is 1. The molecule has 5 heteroatoms. The summed E-state index contributed by atoms with van der Waals surface area (Å²) in [5.74, 6) is -1.39. The molecule has 0 amide bonds. The molecule has 94 valence electrons. The Morgan fingerprint density at radius 1 is 1.25 bits per heavy atom. The first kappa shape index (κ1) is 17.0. The summed E-state index contributed by atoms with van der Waals surface area (Å²) in [7, 11) is 6.15. The van der Waals surface area contributed by atoms with Gasteiger partial charge in [-0.1, -0.05) is 6.58 Å². The van der Waals surface area contributed by atoms with Gasteiger partial charge in [-0.25, -0.2) is 4.79 Å². The highest BCUT2D eigenvalue weighted by Gasteiger charge is 2.09. The summed E-state index contributed by atoms with van der Waals surface area (Å²) < 4.78 is 5.72. The molecule has 5 nitrogen and oxygen atoms in total. The number of carboxylic acid groups (broad SMARTS) is 1. The third-order valence-corrected chi connectivity index (χ3v) is 1.34. The van der Waals surface area contributed by atoms with Crippen molar-refractivity contribution in [1.29, 1.82) is 0 Å². The largest absolute Gasteiger partial charge is 0.550 e. The van der Waals surface area contributed by atoms with Gasteiger partial charge in [-0.2, -0.15) is 0 Å². The van der Waals surface area contributed by atoms with E-state index in [0.717, 1.165) is 18.0 Å². The van der Waals surface area contributed by atoms with Crippen LogP contribution in [0.25, 0.3) is 0 Å². The number of ether oxygens (including phenoxy) is 1. The van der Waals surface area contributed by atoms with Gasteiger partial charge in [0, 0.05) is 11.5 Å². The van der Waals surface area contributed by atoms with Gasteiger partial charge in [0.1, 0.15) is 13.2 Å². The summed E-state index contributed by atoms with van der Waals surface area (Å²) in [4.78, 5) is 19.8. The van der Waals surface area contributed by atoms with E-state index in [4.69, 9.17) is 14.6 Å². The molecule has 0 aromatic heterocycles. The normalized spacial score (nSPS) is 9.81. The molecule has 0 unspecified atom stereocenters. The zero-order chi connectivity index (χ0) is 13.4. The Morgan fingerprint density at radius 2 is 1.62 bits per heavy atom. The highest BCUT2D eigenvalue weighted by molar-refractivity contribution is 5.86.